The van der Waals surface area contributed by atoms with Crippen molar-refractivity contribution >= 4 is 11.9 Å². The molecule has 3 rings (SSSR count). The Morgan fingerprint density at radius 2 is 1.31 bits per heavy atom. The standard InChI is InChI=1S/C25H38O3.C21H32O2.CO2/c1-8-10-11-13-20-16-23(27-6)25(24(17-20)28-7)22(12-9-2)21(19(5)26)15-14-18(3)4;1-6-7-8-9-17-13-19(22-4)21(20(14-17)23-5)18-12-15(2)10-11-16(18)3;2-1-3/h9,12,16-17,21-22H,3,8,10-11,13-15H2,1-2,4-7H3;12-14,16,18H,6-11H2,1-5H3;/b12-9+;;/t21-,22+;16-,18-;/m01./s1. The molecular formula is C47H70O7. The van der Waals surface area contributed by atoms with E-state index in [1.54, 1.807) is 35.4 Å². The van der Waals surface area contributed by atoms with Crippen molar-refractivity contribution in [2.75, 3.05) is 28.4 Å². The Bertz CT molecular complexity index is 1480. The average molecular weight is 747 g/mol. The zero-order valence-corrected chi connectivity index (χ0v) is 35.4. The topological polar surface area (TPSA) is 88.1 Å². The van der Waals surface area contributed by atoms with Crippen LogP contribution in [0.15, 0.2) is 60.2 Å². The highest BCUT2D eigenvalue weighted by atomic mass is 16.5. The number of allylic oxidation sites excluding steroid dienone is 5. The van der Waals surface area contributed by atoms with Crippen LogP contribution in [0.5, 0.6) is 23.0 Å². The number of rotatable bonds is 20. The van der Waals surface area contributed by atoms with Crippen molar-refractivity contribution in [1.82, 2.24) is 0 Å². The molecule has 54 heavy (non-hydrogen) atoms. The Kier molecular flexibility index (Phi) is 23.7. The zero-order valence-electron chi connectivity index (χ0n) is 35.4. The molecule has 0 bridgehead atoms. The zero-order chi connectivity index (χ0) is 40.6. The summed E-state index contributed by atoms with van der Waals surface area (Å²) in [6, 6.07) is 8.66. The SMILES string of the molecule is C=C(C)CC[C@@H](C(C)=O)[C@@H](/C=C/C)c1c(OC)cc(CCCCC)cc1OC.CCCCCc1cc(OC)c([C@@H]2C=C(C)CC[C@H]2C)c(OC)c1.O=C=O. The molecule has 0 amide bonds. The molecule has 0 spiro atoms. The first-order valence-corrected chi connectivity index (χ1v) is 19.8. The predicted molar refractivity (Wildman–Crippen MR) is 221 cm³/mol. The molecule has 300 valence electrons. The van der Waals surface area contributed by atoms with Gasteiger partial charge in [-0.15, -0.1) is 6.58 Å². The molecule has 1 aliphatic carbocycles. The summed E-state index contributed by atoms with van der Waals surface area (Å²) in [5.74, 6) is 4.53. The molecular weight excluding hydrogens is 677 g/mol. The van der Waals surface area contributed by atoms with Gasteiger partial charge in [0.25, 0.3) is 0 Å². The van der Waals surface area contributed by atoms with Gasteiger partial charge in [0.1, 0.15) is 28.8 Å². The Morgan fingerprint density at radius 3 is 1.70 bits per heavy atom. The minimum atomic E-state index is -0.137. The summed E-state index contributed by atoms with van der Waals surface area (Å²) in [5.41, 5.74) is 7.29. The molecule has 0 saturated heterocycles. The molecule has 0 saturated carbocycles. The van der Waals surface area contributed by atoms with E-state index < -0.39 is 0 Å². The van der Waals surface area contributed by atoms with E-state index in [0.717, 1.165) is 66.2 Å². The number of carbonyl (C=O) groups is 1. The van der Waals surface area contributed by atoms with Gasteiger partial charge in [0.15, 0.2) is 0 Å². The molecule has 2 aromatic rings. The number of ketones is 1. The second-order valence-electron chi connectivity index (χ2n) is 14.6. The number of ether oxygens (including phenoxy) is 4. The lowest BCUT2D eigenvalue weighted by Crippen LogP contribution is -2.20. The quantitative estimate of drug-likeness (QED) is 0.0984. The first-order valence-electron chi connectivity index (χ1n) is 19.8. The van der Waals surface area contributed by atoms with Gasteiger partial charge in [-0.05, 0) is 120 Å². The normalized spacial score (nSPS) is 16.0. The van der Waals surface area contributed by atoms with Gasteiger partial charge in [-0.1, -0.05) is 75.8 Å². The fraction of sp³-hybridized carbons (Fsp3) is 0.574. The molecule has 1 aliphatic rings. The van der Waals surface area contributed by atoms with Gasteiger partial charge < -0.3 is 18.9 Å². The van der Waals surface area contributed by atoms with Gasteiger partial charge in [-0.25, -0.2) is 0 Å². The van der Waals surface area contributed by atoms with E-state index in [1.165, 1.54) is 67.2 Å². The minimum absolute atomic E-state index is 0.0866. The lowest BCUT2D eigenvalue weighted by Gasteiger charge is -2.29. The van der Waals surface area contributed by atoms with Crippen LogP contribution >= 0.6 is 0 Å². The third-order valence-electron chi connectivity index (χ3n) is 10.3. The van der Waals surface area contributed by atoms with Crippen LogP contribution < -0.4 is 18.9 Å². The van der Waals surface area contributed by atoms with Crippen molar-refractivity contribution in [3.63, 3.8) is 0 Å². The number of methoxy groups -OCH3 is 4. The van der Waals surface area contributed by atoms with Crippen LogP contribution in [0.1, 0.15) is 147 Å². The van der Waals surface area contributed by atoms with Gasteiger partial charge >= 0.3 is 6.15 Å². The average Bonchev–Trinajstić information content (AvgIpc) is 3.15. The molecule has 0 radical (unpaired) electrons. The van der Waals surface area contributed by atoms with Crippen molar-refractivity contribution in [2.24, 2.45) is 11.8 Å². The van der Waals surface area contributed by atoms with Crippen LogP contribution in [0.4, 0.5) is 0 Å². The van der Waals surface area contributed by atoms with Crippen LogP contribution in [0.3, 0.4) is 0 Å². The van der Waals surface area contributed by atoms with Crippen LogP contribution in [0, 0.1) is 11.8 Å². The number of hydrogen-bond acceptors (Lipinski definition) is 7. The Balaban J connectivity index is 0.000000510. The lowest BCUT2D eigenvalue weighted by molar-refractivity contribution is -0.191. The summed E-state index contributed by atoms with van der Waals surface area (Å²) in [5, 5.41) is 0. The summed E-state index contributed by atoms with van der Waals surface area (Å²) in [7, 11) is 6.94. The monoisotopic (exact) mass is 747 g/mol. The van der Waals surface area contributed by atoms with E-state index in [2.05, 4.69) is 70.7 Å². The minimum Gasteiger partial charge on any atom is -0.496 e. The smallest absolute Gasteiger partial charge is 0.373 e. The lowest BCUT2D eigenvalue weighted by atomic mass is 9.77. The molecule has 7 nitrogen and oxygen atoms in total. The van der Waals surface area contributed by atoms with Crippen LogP contribution in [-0.4, -0.2) is 40.4 Å². The number of aryl methyl sites for hydroxylation is 2. The van der Waals surface area contributed by atoms with Gasteiger partial charge in [0.05, 0.1) is 28.4 Å². The van der Waals surface area contributed by atoms with E-state index in [0.29, 0.717) is 11.8 Å². The van der Waals surface area contributed by atoms with Crippen LogP contribution in [0.25, 0.3) is 0 Å². The second kappa shape index (κ2) is 26.6. The number of benzene rings is 2. The Morgan fingerprint density at radius 1 is 0.852 bits per heavy atom. The maximum atomic E-state index is 12.5. The molecule has 0 N–H and O–H groups in total. The summed E-state index contributed by atoms with van der Waals surface area (Å²) in [4.78, 5) is 28.8. The molecule has 0 fully saturated rings. The van der Waals surface area contributed by atoms with Gasteiger partial charge in [-0.2, -0.15) is 9.59 Å². The van der Waals surface area contributed by atoms with E-state index in [4.69, 9.17) is 28.5 Å². The van der Waals surface area contributed by atoms with E-state index in [1.807, 2.05) is 19.9 Å². The summed E-state index contributed by atoms with van der Waals surface area (Å²) >= 11 is 0. The summed E-state index contributed by atoms with van der Waals surface area (Å²) < 4.78 is 23.1. The number of hydrogen-bond donors (Lipinski definition) is 0. The molecule has 0 unspecified atom stereocenters. The fourth-order valence-electron chi connectivity index (χ4n) is 7.32. The van der Waals surface area contributed by atoms with Crippen LogP contribution in [-0.2, 0) is 27.2 Å². The van der Waals surface area contributed by atoms with Crippen molar-refractivity contribution in [3.05, 3.63) is 82.5 Å². The van der Waals surface area contributed by atoms with E-state index in [9.17, 15) is 4.79 Å². The molecule has 4 atom stereocenters. The third-order valence-corrected chi connectivity index (χ3v) is 10.3. The van der Waals surface area contributed by atoms with Gasteiger partial charge in [0, 0.05) is 28.9 Å². The first-order chi connectivity index (χ1) is 25.9. The maximum Gasteiger partial charge on any atom is 0.373 e. The maximum absolute atomic E-state index is 12.5. The van der Waals surface area contributed by atoms with Crippen molar-refractivity contribution in [2.45, 2.75) is 137 Å². The highest BCUT2D eigenvalue weighted by Gasteiger charge is 2.31. The van der Waals surface area contributed by atoms with Crippen LogP contribution in [0.2, 0.25) is 0 Å². The summed E-state index contributed by atoms with van der Waals surface area (Å²) in [6.07, 6.45) is 20.2. The number of unbranched alkanes of at least 4 members (excludes halogenated alkanes) is 4. The predicted octanol–water partition coefficient (Wildman–Crippen LogP) is 12.0. The molecule has 0 aliphatic heterocycles. The van der Waals surface area contributed by atoms with E-state index in [-0.39, 0.29) is 23.8 Å². The molecule has 0 heterocycles. The second-order valence-corrected chi connectivity index (χ2v) is 14.6. The summed E-state index contributed by atoms with van der Waals surface area (Å²) in [6.45, 7) is 18.7. The largest absolute Gasteiger partial charge is 0.496 e. The highest BCUT2D eigenvalue weighted by Crippen LogP contribution is 2.46. The number of carbonyl (C=O) groups excluding carboxylic acids is 3. The molecule has 2 aromatic carbocycles. The Hall–Kier alpha value is -4.09. The molecule has 0 aromatic heterocycles. The fourth-order valence-corrected chi connectivity index (χ4v) is 7.32. The number of Topliss-reactive ketones (excluding diaryl/α,β-unsaturated/α-hetero) is 1. The van der Waals surface area contributed by atoms with Crippen molar-refractivity contribution < 1.29 is 33.3 Å². The Labute approximate surface area is 327 Å². The van der Waals surface area contributed by atoms with Crippen molar-refractivity contribution in [1.29, 1.82) is 0 Å². The highest BCUT2D eigenvalue weighted by molar-refractivity contribution is 5.80. The third kappa shape index (κ3) is 15.3. The molecule has 7 heteroatoms. The van der Waals surface area contributed by atoms with Gasteiger partial charge in [0.2, 0.25) is 0 Å². The van der Waals surface area contributed by atoms with E-state index >= 15 is 0 Å². The van der Waals surface area contributed by atoms with Gasteiger partial charge in [-0.3, -0.25) is 4.79 Å². The van der Waals surface area contributed by atoms with Crippen molar-refractivity contribution in [3.8, 4) is 23.0 Å². The first kappa shape index (κ1) is 47.9.